The Morgan fingerprint density at radius 1 is 1.50 bits per heavy atom. The standard InChI is InChI=1S/C10H20N4/c1-3-5-9(11)6-4-7-10-12-8-13-14(10)2/h8-9H,3-7,11H2,1-2H3. The highest BCUT2D eigenvalue weighted by Crippen LogP contribution is 2.05. The zero-order chi connectivity index (χ0) is 10.4. The molecule has 4 nitrogen and oxygen atoms in total. The third-order valence-corrected chi connectivity index (χ3v) is 2.44. The first-order valence-electron chi connectivity index (χ1n) is 5.32. The third-order valence-electron chi connectivity index (χ3n) is 2.44. The molecule has 1 rings (SSSR count). The van der Waals surface area contributed by atoms with Gasteiger partial charge < -0.3 is 5.73 Å². The average Bonchev–Trinajstić information content (AvgIpc) is 2.52. The van der Waals surface area contributed by atoms with E-state index in [0.29, 0.717) is 6.04 Å². The Labute approximate surface area is 85.5 Å². The molecule has 1 atom stereocenters. The molecule has 0 aromatic carbocycles. The first-order valence-corrected chi connectivity index (χ1v) is 5.32. The highest BCUT2D eigenvalue weighted by Gasteiger charge is 2.03. The number of nitrogens with two attached hydrogens (primary N) is 1. The van der Waals surface area contributed by atoms with Crippen molar-refractivity contribution in [3.05, 3.63) is 12.2 Å². The maximum absolute atomic E-state index is 5.92. The predicted octanol–water partition coefficient (Wildman–Crippen LogP) is 1.27. The van der Waals surface area contributed by atoms with Crippen molar-refractivity contribution in [1.29, 1.82) is 0 Å². The molecule has 0 fully saturated rings. The zero-order valence-corrected chi connectivity index (χ0v) is 9.11. The largest absolute Gasteiger partial charge is 0.328 e. The minimum atomic E-state index is 0.355. The van der Waals surface area contributed by atoms with Crippen molar-refractivity contribution in [2.45, 2.75) is 45.1 Å². The van der Waals surface area contributed by atoms with Gasteiger partial charge in [-0.15, -0.1) is 0 Å². The SMILES string of the molecule is CCCC(N)CCCc1ncnn1C. The van der Waals surface area contributed by atoms with E-state index in [4.69, 9.17) is 5.73 Å². The number of hydrogen-bond donors (Lipinski definition) is 1. The number of aryl methyl sites for hydroxylation is 2. The monoisotopic (exact) mass is 196 g/mol. The maximum Gasteiger partial charge on any atom is 0.138 e. The van der Waals surface area contributed by atoms with Crippen LogP contribution in [0.5, 0.6) is 0 Å². The molecule has 1 aromatic rings. The lowest BCUT2D eigenvalue weighted by molar-refractivity contribution is 0.529. The van der Waals surface area contributed by atoms with Gasteiger partial charge in [-0.25, -0.2) is 4.98 Å². The molecule has 4 heteroatoms. The average molecular weight is 196 g/mol. The second-order valence-corrected chi connectivity index (χ2v) is 3.74. The topological polar surface area (TPSA) is 56.7 Å². The van der Waals surface area contributed by atoms with Gasteiger partial charge in [0.2, 0.25) is 0 Å². The molecule has 1 aromatic heterocycles. The fourth-order valence-electron chi connectivity index (χ4n) is 1.58. The summed E-state index contributed by atoms with van der Waals surface area (Å²) in [5, 5.41) is 4.03. The normalized spacial score (nSPS) is 13.1. The quantitative estimate of drug-likeness (QED) is 0.745. The Kier molecular flexibility index (Phi) is 4.59. The molecule has 0 bridgehead atoms. The van der Waals surface area contributed by atoms with Crippen LogP contribution in [0.1, 0.15) is 38.4 Å². The fourth-order valence-corrected chi connectivity index (χ4v) is 1.58. The first kappa shape index (κ1) is 11.2. The van der Waals surface area contributed by atoms with Crippen LogP contribution < -0.4 is 5.73 Å². The first-order chi connectivity index (χ1) is 6.74. The van der Waals surface area contributed by atoms with Gasteiger partial charge in [0.15, 0.2) is 0 Å². The third kappa shape index (κ3) is 3.46. The lowest BCUT2D eigenvalue weighted by Crippen LogP contribution is -2.19. The van der Waals surface area contributed by atoms with E-state index < -0.39 is 0 Å². The Bertz CT molecular complexity index is 256. The molecule has 0 amide bonds. The van der Waals surface area contributed by atoms with Gasteiger partial charge in [-0.2, -0.15) is 5.10 Å². The highest BCUT2D eigenvalue weighted by atomic mass is 15.3. The molecule has 0 aliphatic rings. The van der Waals surface area contributed by atoms with Crippen molar-refractivity contribution in [2.75, 3.05) is 0 Å². The second-order valence-electron chi connectivity index (χ2n) is 3.74. The number of rotatable bonds is 6. The van der Waals surface area contributed by atoms with Gasteiger partial charge in [0, 0.05) is 19.5 Å². The van der Waals surface area contributed by atoms with Crippen molar-refractivity contribution in [1.82, 2.24) is 14.8 Å². The molecule has 80 valence electrons. The molecule has 0 radical (unpaired) electrons. The Morgan fingerprint density at radius 3 is 2.86 bits per heavy atom. The molecular weight excluding hydrogens is 176 g/mol. The van der Waals surface area contributed by atoms with Gasteiger partial charge in [0.1, 0.15) is 12.2 Å². The summed E-state index contributed by atoms with van der Waals surface area (Å²) in [7, 11) is 1.92. The summed E-state index contributed by atoms with van der Waals surface area (Å²) in [5.41, 5.74) is 5.92. The molecule has 1 unspecified atom stereocenters. The van der Waals surface area contributed by atoms with E-state index in [2.05, 4.69) is 17.0 Å². The summed E-state index contributed by atoms with van der Waals surface area (Å²) in [5.74, 6) is 1.05. The summed E-state index contributed by atoms with van der Waals surface area (Å²) in [4.78, 5) is 4.17. The molecule has 2 N–H and O–H groups in total. The van der Waals surface area contributed by atoms with Gasteiger partial charge in [-0.3, -0.25) is 4.68 Å². The van der Waals surface area contributed by atoms with Crippen molar-refractivity contribution in [3.8, 4) is 0 Å². The van der Waals surface area contributed by atoms with Crippen LogP contribution in [0.2, 0.25) is 0 Å². The van der Waals surface area contributed by atoms with Crippen LogP contribution >= 0.6 is 0 Å². The number of nitrogens with zero attached hydrogens (tertiary/aromatic N) is 3. The van der Waals surface area contributed by atoms with Crippen LogP contribution in [-0.2, 0) is 13.5 Å². The van der Waals surface area contributed by atoms with Gasteiger partial charge in [0.25, 0.3) is 0 Å². The van der Waals surface area contributed by atoms with E-state index >= 15 is 0 Å². The summed E-state index contributed by atoms with van der Waals surface area (Å²) in [6, 6.07) is 0.355. The highest BCUT2D eigenvalue weighted by molar-refractivity contribution is 4.83. The molecule has 0 aliphatic carbocycles. The minimum absolute atomic E-state index is 0.355. The van der Waals surface area contributed by atoms with E-state index in [-0.39, 0.29) is 0 Å². The van der Waals surface area contributed by atoms with Crippen LogP contribution in [0.15, 0.2) is 6.33 Å². The Hall–Kier alpha value is -0.900. The van der Waals surface area contributed by atoms with Gasteiger partial charge in [-0.05, 0) is 19.3 Å². The van der Waals surface area contributed by atoms with E-state index in [1.54, 1.807) is 6.33 Å². The van der Waals surface area contributed by atoms with E-state index in [1.807, 2.05) is 11.7 Å². The van der Waals surface area contributed by atoms with Crippen molar-refractivity contribution in [2.24, 2.45) is 12.8 Å². The van der Waals surface area contributed by atoms with Gasteiger partial charge in [0.05, 0.1) is 0 Å². The fraction of sp³-hybridized carbons (Fsp3) is 0.800. The zero-order valence-electron chi connectivity index (χ0n) is 9.11. The molecule has 0 spiro atoms. The lowest BCUT2D eigenvalue weighted by Gasteiger charge is -2.08. The van der Waals surface area contributed by atoms with Crippen LogP contribution in [0, 0.1) is 0 Å². The Morgan fingerprint density at radius 2 is 2.29 bits per heavy atom. The molecule has 0 saturated heterocycles. The minimum Gasteiger partial charge on any atom is -0.328 e. The van der Waals surface area contributed by atoms with Gasteiger partial charge in [-0.1, -0.05) is 13.3 Å². The summed E-state index contributed by atoms with van der Waals surface area (Å²) < 4.78 is 1.82. The molecule has 1 heterocycles. The molecule has 0 aliphatic heterocycles. The van der Waals surface area contributed by atoms with Crippen molar-refractivity contribution in [3.63, 3.8) is 0 Å². The summed E-state index contributed by atoms with van der Waals surface area (Å²) in [6.07, 6.45) is 7.06. The smallest absolute Gasteiger partial charge is 0.138 e. The van der Waals surface area contributed by atoms with Gasteiger partial charge >= 0.3 is 0 Å². The van der Waals surface area contributed by atoms with Crippen LogP contribution in [0.4, 0.5) is 0 Å². The summed E-state index contributed by atoms with van der Waals surface area (Å²) in [6.45, 7) is 2.17. The molecule has 0 saturated carbocycles. The lowest BCUT2D eigenvalue weighted by atomic mass is 10.1. The van der Waals surface area contributed by atoms with Crippen LogP contribution in [0.3, 0.4) is 0 Å². The van der Waals surface area contributed by atoms with Crippen molar-refractivity contribution < 1.29 is 0 Å². The number of aromatic nitrogens is 3. The number of hydrogen-bond acceptors (Lipinski definition) is 3. The second kappa shape index (κ2) is 5.75. The van der Waals surface area contributed by atoms with Crippen LogP contribution in [0.25, 0.3) is 0 Å². The summed E-state index contributed by atoms with van der Waals surface area (Å²) >= 11 is 0. The maximum atomic E-state index is 5.92. The van der Waals surface area contributed by atoms with Crippen LogP contribution in [-0.4, -0.2) is 20.8 Å². The van der Waals surface area contributed by atoms with E-state index in [9.17, 15) is 0 Å². The predicted molar refractivity (Wildman–Crippen MR) is 56.8 cm³/mol. The molecular formula is C10H20N4. The Balaban J connectivity index is 2.19. The van der Waals surface area contributed by atoms with E-state index in [1.165, 1.54) is 6.42 Å². The van der Waals surface area contributed by atoms with E-state index in [0.717, 1.165) is 31.5 Å². The van der Waals surface area contributed by atoms with Crippen molar-refractivity contribution >= 4 is 0 Å². The molecule has 14 heavy (non-hydrogen) atoms.